The van der Waals surface area contributed by atoms with Gasteiger partial charge in [-0.2, -0.15) is 5.26 Å². The zero-order valence-electron chi connectivity index (χ0n) is 18.9. The van der Waals surface area contributed by atoms with E-state index < -0.39 is 23.1 Å². The van der Waals surface area contributed by atoms with Crippen LogP contribution in [0.5, 0.6) is 23.0 Å². The first-order valence-electron chi connectivity index (χ1n) is 11.1. The van der Waals surface area contributed by atoms with Gasteiger partial charge in [0.1, 0.15) is 23.0 Å². The van der Waals surface area contributed by atoms with Crippen molar-refractivity contribution in [2.75, 3.05) is 0 Å². The van der Waals surface area contributed by atoms with Gasteiger partial charge in [0.25, 0.3) is 0 Å². The highest BCUT2D eigenvalue weighted by molar-refractivity contribution is 6.49. The molecule has 2 N–H and O–H groups in total. The molecule has 0 atom stereocenters. The van der Waals surface area contributed by atoms with E-state index in [-0.39, 0.29) is 39.7 Å². The third-order valence-corrected chi connectivity index (χ3v) is 6.52. The molecule has 37 heavy (non-hydrogen) atoms. The normalized spacial score (nSPS) is 14.0. The number of aromatic hydroxyl groups is 2. The number of rotatable bonds is 3. The van der Waals surface area contributed by atoms with Crippen LogP contribution in [0.25, 0.3) is 0 Å². The molecule has 0 amide bonds. The van der Waals surface area contributed by atoms with E-state index in [1.807, 2.05) is 6.07 Å². The highest BCUT2D eigenvalue weighted by Gasteiger charge is 2.53. The van der Waals surface area contributed by atoms with Gasteiger partial charge in [-0.3, -0.25) is 9.59 Å². The van der Waals surface area contributed by atoms with Gasteiger partial charge in [-0.1, -0.05) is 12.1 Å². The summed E-state index contributed by atoms with van der Waals surface area (Å²) in [5.41, 5.74) is 0.428. The Kier molecular flexibility index (Phi) is 4.65. The highest BCUT2D eigenvalue weighted by Crippen LogP contribution is 2.57. The van der Waals surface area contributed by atoms with Crippen LogP contribution in [-0.2, 0) is 10.3 Å². The zero-order valence-corrected chi connectivity index (χ0v) is 18.9. The maximum Gasteiger partial charge on any atom is 0.340 e. The Morgan fingerprint density at radius 2 is 1.27 bits per heavy atom. The van der Waals surface area contributed by atoms with Crippen molar-refractivity contribution in [3.05, 3.63) is 118 Å². The minimum atomic E-state index is -1.46. The Balaban J connectivity index is 1.48. The molecule has 2 aliphatic heterocycles. The van der Waals surface area contributed by atoms with Crippen LogP contribution in [0.15, 0.2) is 78.9 Å². The lowest BCUT2D eigenvalue weighted by Crippen LogP contribution is -2.32. The first-order valence-corrected chi connectivity index (χ1v) is 11.1. The average molecular weight is 489 g/mol. The largest absolute Gasteiger partial charge is 0.508 e. The molecule has 0 aliphatic carbocycles. The number of ketones is 2. The SMILES string of the molecule is N#Cc1ccc(C(=O)C(=O)c2ccc3c(c2)C(=O)OC32c3ccc(O)cc3Oc3cc(O)ccc32)cc1. The summed E-state index contributed by atoms with van der Waals surface area (Å²) in [5, 5.41) is 29.0. The predicted molar refractivity (Wildman–Crippen MR) is 128 cm³/mol. The molecule has 8 nitrogen and oxygen atoms in total. The fraction of sp³-hybridized carbons (Fsp3) is 0.0345. The Hall–Kier alpha value is -5.42. The number of hydrogen-bond acceptors (Lipinski definition) is 8. The molecule has 0 aromatic heterocycles. The summed E-state index contributed by atoms with van der Waals surface area (Å²) in [6.45, 7) is 0. The molecule has 178 valence electrons. The van der Waals surface area contributed by atoms with E-state index in [2.05, 4.69) is 0 Å². The van der Waals surface area contributed by atoms with Gasteiger partial charge < -0.3 is 19.7 Å². The molecule has 6 rings (SSSR count). The molecule has 2 aliphatic rings. The van der Waals surface area contributed by atoms with Gasteiger partial charge in [-0.25, -0.2) is 4.79 Å². The fourth-order valence-electron chi connectivity index (χ4n) is 4.81. The van der Waals surface area contributed by atoms with Crippen LogP contribution in [0.2, 0.25) is 0 Å². The number of carbonyl (C=O) groups excluding carboxylic acids is 3. The zero-order chi connectivity index (χ0) is 25.9. The molecule has 2 heterocycles. The van der Waals surface area contributed by atoms with Crippen LogP contribution in [0.3, 0.4) is 0 Å². The molecule has 0 radical (unpaired) electrons. The number of nitriles is 1. The number of nitrogens with zero attached hydrogens (tertiary/aromatic N) is 1. The van der Waals surface area contributed by atoms with Crippen molar-refractivity contribution in [3.63, 3.8) is 0 Å². The van der Waals surface area contributed by atoms with Crippen LogP contribution in [0, 0.1) is 11.3 Å². The van der Waals surface area contributed by atoms with Crippen molar-refractivity contribution in [2.45, 2.75) is 5.60 Å². The van der Waals surface area contributed by atoms with E-state index in [4.69, 9.17) is 14.7 Å². The van der Waals surface area contributed by atoms with Crippen LogP contribution in [0.4, 0.5) is 0 Å². The van der Waals surface area contributed by atoms with Crippen LogP contribution in [-0.4, -0.2) is 27.7 Å². The van der Waals surface area contributed by atoms with Gasteiger partial charge >= 0.3 is 5.97 Å². The van der Waals surface area contributed by atoms with E-state index in [1.54, 1.807) is 18.2 Å². The minimum absolute atomic E-state index is 0.00558. The maximum absolute atomic E-state index is 13.2. The minimum Gasteiger partial charge on any atom is -0.508 e. The van der Waals surface area contributed by atoms with Crippen LogP contribution < -0.4 is 4.74 Å². The number of phenols is 2. The Labute approximate surface area is 209 Å². The van der Waals surface area contributed by atoms with E-state index in [1.165, 1.54) is 60.7 Å². The molecule has 0 unspecified atom stereocenters. The highest BCUT2D eigenvalue weighted by atomic mass is 16.6. The lowest BCUT2D eigenvalue weighted by atomic mass is 9.77. The van der Waals surface area contributed by atoms with Crippen molar-refractivity contribution < 1.29 is 34.1 Å². The topological polar surface area (TPSA) is 134 Å². The number of hydrogen-bond donors (Lipinski definition) is 2. The standard InChI is InChI=1S/C29H15NO7/c30-14-15-1-3-16(4-2-15)26(33)27(34)17-5-8-21-20(11-17)28(35)37-29(21)22-9-6-18(31)12-24(22)36-25-13-19(32)7-10-23(25)29/h1-13,31-32H. The quantitative estimate of drug-likeness (QED) is 0.242. The van der Waals surface area contributed by atoms with Gasteiger partial charge in [0.05, 0.1) is 17.2 Å². The molecule has 4 aromatic carbocycles. The summed E-state index contributed by atoms with van der Waals surface area (Å²) in [6, 6.07) is 20.8. The summed E-state index contributed by atoms with van der Waals surface area (Å²) in [7, 11) is 0. The van der Waals surface area contributed by atoms with Crippen LogP contribution >= 0.6 is 0 Å². The van der Waals surface area contributed by atoms with Crippen molar-refractivity contribution in [1.82, 2.24) is 0 Å². The van der Waals surface area contributed by atoms with Gasteiger partial charge in [-0.05, 0) is 54.6 Å². The number of carbonyl (C=O) groups is 3. The average Bonchev–Trinajstić information content (AvgIpc) is 3.19. The summed E-state index contributed by atoms with van der Waals surface area (Å²) in [6.07, 6.45) is 0. The second-order valence-electron chi connectivity index (χ2n) is 8.64. The third-order valence-electron chi connectivity index (χ3n) is 6.52. The number of ether oxygens (including phenoxy) is 2. The molecule has 0 saturated carbocycles. The van der Waals surface area contributed by atoms with Gasteiger partial charge in [-0.15, -0.1) is 0 Å². The molecule has 1 spiro atoms. The lowest BCUT2D eigenvalue weighted by molar-refractivity contribution is 0.0224. The van der Waals surface area contributed by atoms with E-state index in [0.29, 0.717) is 22.3 Å². The molecule has 4 aromatic rings. The first-order chi connectivity index (χ1) is 17.8. The molecule has 8 heteroatoms. The molecule has 0 bridgehead atoms. The fourth-order valence-corrected chi connectivity index (χ4v) is 4.81. The predicted octanol–water partition coefficient (Wildman–Crippen LogP) is 4.60. The van der Waals surface area contributed by atoms with E-state index >= 15 is 0 Å². The number of fused-ring (bicyclic) bond motifs is 6. The maximum atomic E-state index is 13.2. The van der Waals surface area contributed by atoms with Crippen molar-refractivity contribution in [3.8, 4) is 29.1 Å². The Morgan fingerprint density at radius 3 is 1.86 bits per heavy atom. The van der Waals surface area contributed by atoms with Crippen molar-refractivity contribution >= 4 is 17.5 Å². The van der Waals surface area contributed by atoms with Crippen LogP contribution in [0.1, 0.15) is 53.3 Å². The van der Waals surface area contributed by atoms with E-state index in [0.717, 1.165) is 0 Å². The monoisotopic (exact) mass is 489 g/mol. The number of phenolic OH excluding ortho intramolecular Hbond substituents is 2. The number of benzene rings is 4. The second-order valence-corrected chi connectivity index (χ2v) is 8.64. The summed E-state index contributed by atoms with van der Waals surface area (Å²) >= 11 is 0. The smallest absolute Gasteiger partial charge is 0.340 e. The first kappa shape index (κ1) is 22.1. The Morgan fingerprint density at radius 1 is 0.730 bits per heavy atom. The van der Waals surface area contributed by atoms with E-state index in [9.17, 15) is 24.6 Å². The van der Waals surface area contributed by atoms with Gasteiger partial charge in [0.2, 0.25) is 11.6 Å². The molecule has 0 saturated heterocycles. The number of esters is 1. The number of Topliss-reactive ketones (excluding diaryl/α,β-unsaturated/α-hetero) is 2. The molecule has 0 fully saturated rings. The van der Waals surface area contributed by atoms with Gasteiger partial charge in [0.15, 0.2) is 5.60 Å². The van der Waals surface area contributed by atoms with Crippen molar-refractivity contribution in [1.29, 1.82) is 5.26 Å². The second kappa shape index (κ2) is 7.80. The lowest BCUT2D eigenvalue weighted by Gasteiger charge is -2.36. The summed E-state index contributed by atoms with van der Waals surface area (Å²) in [4.78, 5) is 39.0. The molecular weight excluding hydrogens is 474 g/mol. The Bertz CT molecular complexity index is 1660. The van der Waals surface area contributed by atoms with Crippen molar-refractivity contribution in [2.24, 2.45) is 0 Å². The molecular formula is C29H15NO7. The van der Waals surface area contributed by atoms with Gasteiger partial charge in [0, 0.05) is 39.9 Å². The summed E-state index contributed by atoms with van der Waals surface area (Å²) in [5.74, 6) is -1.98. The summed E-state index contributed by atoms with van der Waals surface area (Å²) < 4.78 is 11.9. The third kappa shape index (κ3) is 3.18.